The van der Waals surface area contributed by atoms with Gasteiger partial charge in [0.25, 0.3) is 0 Å². The number of hydrogen-bond acceptors (Lipinski definition) is 4. The zero-order chi connectivity index (χ0) is 11.6. The van der Waals surface area contributed by atoms with Crippen LogP contribution in [0.2, 0.25) is 0 Å². The number of hydrogen-bond donors (Lipinski definition) is 1. The molecule has 90 valence electrons. The van der Waals surface area contributed by atoms with Crippen molar-refractivity contribution < 1.29 is 4.52 Å². The van der Waals surface area contributed by atoms with Crippen LogP contribution in [0.1, 0.15) is 57.7 Å². The van der Waals surface area contributed by atoms with E-state index in [4.69, 9.17) is 10.3 Å². The molecule has 0 bridgehead atoms. The van der Waals surface area contributed by atoms with Crippen LogP contribution in [-0.4, -0.2) is 10.1 Å². The molecule has 1 aliphatic rings. The fraction of sp³-hybridized carbons (Fsp3) is 0.833. The second-order valence-electron chi connectivity index (χ2n) is 4.87. The molecule has 0 saturated heterocycles. The monoisotopic (exact) mass is 223 g/mol. The van der Waals surface area contributed by atoms with E-state index in [1.807, 2.05) is 6.92 Å². The standard InChI is InChI=1S/C12H21N3O/c1-3-9-5-7-12(13,8-6-9)11-14-10(4-2)16-15-11/h9H,3-8,13H2,1-2H3. The lowest BCUT2D eigenvalue weighted by Crippen LogP contribution is -2.41. The van der Waals surface area contributed by atoms with E-state index >= 15 is 0 Å². The van der Waals surface area contributed by atoms with Crippen LogP contribution in [-0.2, 0) is 12.0 Å². The molecule has 1 aromatic rings. The summed E-state index contributed by atoms with van der Waals surface area (Å²) in [6.45, 7) is 4.26. The number of nitrogens with zero attached hydrogens (tertiary/aromatic N) is 2. The van der Waals surface area contributed by atoms with Crippen LogP contribution in [0, 0.1) is 5.92 Å². The first-order chi connectivity index (χ1) is 7.68. The molecule has 1 saturated carbocycles. The maximum Gasteiger partial charge on any atom is 0.226 e. The van der Waals surface area contributed by atoms with Crippen molar-refractivity contribution in [2.75, 3.05) is 0 Å². The molecule has 2 rings (SSSR count). The van der Waals surface area contributed by atoms with Crippen LogP contribution < -0.4 is 5.73 Å². The van der Waals surface area contributed by atoms with Crippen molar-refractivity contribution in [3.8, 4) is 0 Å². The highest BCUT2D eigenvalue weighted by molar-refractivity contribution is 5.05. The van der Waals surface area contributed by atoms with Crippen LogP contribution in [0.3, 0.4) is 0 Å². The van der Waals surface area contributed by atoms with Gasteiger partial charge in [0.05, 0.1) is 5.54 Å². The van der Waals surface area contributed by atoms with Gasteiger partial charge in [0.1, 0.15) is 0 Å². The quantitative estimate of drug-likeness (QED) is 0.854. The molecule has 0 aromatic carbocycles. The van der Waals surface area contributed by atoms with Gasteiger partial charge in [0.2, 0.25) is 5.89 Å². The van der Waals surface area contributed by atoms with E-state index in [0.29, 0.717) is 11.7 Å². The van der Waals surface area contributed by atoms with Crippen LogP contribution >= 0.6 is 0 Å². The fourth-order valence-corrected chi connectivity index (χ4v) is 2.43. The minimum atomic E-state index is -0.345. The van der Waals surface area contributed by atoms with Gasteiger partial charge in [-0.05, 0) is 31.6 Å². The third kappa shape index (κ3) is 2.12. The Kier molecular flexibility index (Phi) is 3.28. The summed E-state index contributed by atoms with van der Waals surface area (Å²) in [4.78, 5) is 4.37. The van der Waals surface area contributed by atoms with Gasteiger partial charge in [-0.3, -0.25) is 0 Å². The zero-order valence-electron chi connectivity index (χ0n) is 10.2. The van der Waals surface area contributed by atoms with Crippen molar-refractivity contribution in [1.29, 1.82) is 0 Å². The molecular formula is C12H21N3O. The molecule has 0 spiro atoms. The van der Waals surface area contributed by atoms with E-state index in [0.717, 1.165) is 25.2 Å². The summed E-state index contributed by atoms with van der Waals surface area (Å²) in [5, 5.41) is 4.02. The third-order valence-corrected chi connectivity index (χ3v) is 3.79. The second-order valence-corrected chi connectivity index (χ2v) is 4.87. The molecule has 1 aromatic heterocycles. The highest BCUT2D eigenvalue weighted by Crippen LogP contribution is 2.37. The highest BCUT2D eigenvalue weighted by Gasteiger charge is 2.36. The molecule has 4 heteroatoms. The predicted octanol–water partition coefficient (Wildman–Crippen LogP) is 2.39. The van der Waals surface area contributed by atoms with Gasteiger partial charge in [-0.15, -0.1) is 0 Å². The van der Waals surface area contributed by atoms with E-state index in [1.54, 1.807) is 0 Å². The SMILES string of the molecule is CCc1nc(C2(N)CCC(CC)CC2)no1. The minimum Gasteiger partial charge on any atom is -0.339 e. The van der Waals surface area contributed by atoms with Crippen molar-refractivity contribution in [3.05, 3.63) is 11.7 Å². The Balaban J connectivity index is 2.08. The van der Waals surface area contributed by atoms with Crippen molar-refractivity contribution in [3.63, 3.8) is 0 Å². The van der Waals surface area contributed by atoms with Gasteiger partial charge in [0.15, 0.2) is 5.82 Å². The molecule has 16 heavy (non-hydrogen) atoms. The predicted molar refractivity (Wildman–Crippen MR) is 61.8 cm³/mol. The fourth-order valence-electron chi connectivity index (χ4n) is 2.43. The lowest BCUT2D eigenvalue weighted by Gasteiger charge is -2.34. The maximum absolute atomic E-state index is 6.38. The lowest BCUT2D eigenvalue weighted by molar-refractivity contribution is 0.216. The first-order valence-electron chi connectivity index (χ1n) is 6.30. The first kappa shape index (κ1) is 11.6. The number of aryl methyl sites for hydroxylation is 1. The molecule has 1 aliphatic carbocycles. The molecule has 0 radical (unpaired) electrons. The molecule has 2 N–H and O–H groups in total. The highest BCUT2D eigenvalue weighted by atomic mass is 16.5. The molecule has 1 fully saturated rings. The van der Waals surface area contributed by atoms with Crippen LogP contribution in [0.4, 0.5) is 0 Å². The van der Waals surface area contributed by atoms with Crippen LogP contribution in [0.25, 0.3) is 0 Å². The molecule has 0 atom stereocenters. The Bertz CT molecular complexity index is 340. The minimum absolute atomic E-state index is 0.345. The molecule has 0 amide bonds. The van der Waals surface area contributed by atoms with Crippen molar-refractivity contribution in [2.24, 2.45) is 11.7 Å². The second kappa shape index (κ2) is 4.53. The molecular weight excluding hydrogens is 202 g/mol. The summed E-state index contributed by atoms with van der Waals surface area (Å²) < 4.78 is 5.14. The number of aromatic nitrogens is 2. The average molecular weight is 223 g/mol. The summed E-state index contributed by atoms with van der Waals surface area (Å²) in [5.74, 6) is 2.23. The van der Waals surface area contributed by atoms with E-state index in [-0.39, 0.29) is 5.54 Å². The van der Waals surface area contributed by atoms with E-state index in [9.17, 15) is 0 Å². The largest absolute Gasteiger partial charge is 0.339 e. The van der Waals surface area contributed by atoms with Gasteiger partial charge in [-0.25, -0.2) is 0 Å². The van der Waals surface area contributed by atoms with Gasteiger partial charge >= 0.3 is 0 Å². The van der Waals surface area contributed by atoms with Gasteiger partial charge in [-0.2, -0.15) is 4.98 Å². The van der Waals surface area contributed by atoms with Gasteiger partial charge < -0.3 is 10.3 Å². The Morgan fingerprint density at radius 3 is 2.56 bits per heavy atom. The average Bonchev–Trinajstić information content (AvgIpc) is 2.79. The maximum atomic E-state index is 6.38. The summed E-state index contributed by atoms with van der Waals surface area (Å²) in [5.41, 5.74) is 6.04. The Hall–Kier alpha value is -0.900. The zero-order valence-corrected chi connectivity index (χ0v) is 10.2. The smallest absolute Gasteiger partial charge is 0.226 e. The van der Waals surface area contributed by atoms with Crippen molar-refractivity contribution in [2.45, 2.75) is 57.9 Å². The molecule has 1 heterocycles. The summed E-state index contributed by atoms with van der Waals surface area (Å²) in [6, 6.07) is 0. The Morgan fingerprint density at radius 2 is 2.06 bits per heavy atom. The van der Waals surface area contributed by atoms with Crippen LogP contribution in [0.5, 0.6) is 0 Å². The van der Waals surface area contributed by atoms with Gasteiger partial charge in [-0.1, -0.05) is 25.4 Å². The lowest BCUT2D eigenvalue weighted by atomic mass is 9.76. The first-order valence-corrected chi connectivity index (χ1v) is 6.30. The van der Waals surface area contributed by atoms with Crippen molar-refractivity contribution in [1.82, 2.24) is 10.1 Å². The van der Waals surface area contributed by atoms with E-state index in [2.05, 4.69) is 17.1 Å². The Morgan fingerprint density at radius 1 is 1.38 bits per heavy atom. The number of nitrogens with two attached hydrogens (primary N) is 1. The Labute approximate surface area is 96.6 Å². The molecule has 0 aliphatic heterocycles. The van der Waals surface area contributed by atoms with Crippen molar-refractivity contribution >= 4 is 0 Å². The molecule has 0 unspecified atom stereocenters. The normalized spacial score (nSPS) is 30.6. The molecule has 4 nitrogen and oxygen atoms in total. The van der Waals surface area contributed by atoms with E-state index < -0.39 is 0 Å². The summed E-state index contributed by atoms with van der Waals surface area (Å²) >= 11 is 0. The van der Waals surface area contributed by atoms with Gasteiger partial charge in [0, 0.05) is 6.42 Å². The third-order valence-electron chi connectivity index (χ3n) is 3.79. The van der Waals surface area contributed by atoms with E-state index in [1.165, 1.54) is 19.3 Å². The van der Waals surface area contributed by atoms with Crippen LogP contribution in [0.15, 0.2) is 4.52 Å². The topological polar surface area (TPSA) is 64.9 Å². The summed E-state index contributed by atoms with van der Waals surface area (Å²) in [7, 11) is 0. The number of rotatable bonds is 3. The summed E-state index contributed by atoms with van der Waals surface area (Å²) in [6.07, 6.45) is 6.36.